The Morgan fingerprint density at radius 1 is 1.33 bits per heavy atom. The third-order valence-electron chi connectivity index (χ3n) is 5.08. The van der Waals surface area contributed by atoms with Gasteiger partial charge in [0.25, 0.3) is 5.91 Å². The molecular weight excluding hydrogens is 410 g/mol. The molecule has 1 fully saturated rings. The number of aromatic nitrogens is 2. The first kappa shape index (κ1) is 18.9. The SMILES string of the molecule is CC1(C)OCC(C2C(C(=O)c3cc4ccccc4o3)=C(O)C(=O)N2c2nncs2)O1. The highest BCUT2D eigenvalue weighted by Crippen LogP contribution is 2.39. The highest BCUT2D eigenvalue weighted by molar-refractivity contribution is 7.13. The van der Waals surface area contributed by atoms with Gasteiger partial charge in [-0.15, -0.1) is 10.2 Å². The quantitative estimate of drug-likeness (QED) is 0.632. The van der Waals surface area contributed by atoms with Gasteiger partial charge in [0.1, 0.15) is 23.2 Å². The van der Waals surface area contributed by atoms with Crippen molar-refractivity contribution in [2.45, 2.75) is 31.8 Å². The zero-order chi connectivity index (χ0) is 21.0. The van der Waals surface area contributed by atoms with Gasteiger partial charge in [0, 0.05) is 5.39 Å². The van der Waals surface area contributed by atoms with Crippen LogP contribution in [0.4, 0.5) is 5.13 Å². The summed E-state index contributed by atoms with van der Waals surface area (Å²) in [5.41, 5.74) is 1.89. The van der Waals surface area contributed by atoms with Crippen molar-refractivity contribution in [3.63, 3.8) is 0 Å². The number of fused-ring (bicyclic) bond motifs is 1. The van der Waals surface area contributed by atoms with Gasteiger partial charge in [-0.2, -0.15) is 0 Å². The van der Waals surface area contributed by atoms with Crippen LogP contribution >= 0.6 is 11.3 Å². The van der Waals surface area contributed by atoms with E-state index in [0.29, 0.717) is 5.58 Å². The summed E-state index contributed by atoms with van der Waals surface area (Å²) in [4.78, 5) is 27.6. The van der Waals surface area contributed by atoms with Gasteiger partial charge in [0.2, 0.25) is 10.9 Å². The van der Waals surface area contributed by atoms with Crippen molar-refractivity contribution in [3.05, 3.63) is 52.9 Å². The van der Waals surface area contributed by atoms with E-state index in [0.717, 1.165) is 16.7 Å². The molecule has 30 heavy (non-hydrogen) atoms. The average molecular weight is 427 g/mol. The lowest BCUT2D eigenvalue weighted by molar-refractivity contribution is -0.140. The third kappa shape index (κ3) is 2.92. The predicted octanol–water partition coefficient (Wildman–Crippen LogP) is 2.85. The van der Waals surface area contributed by atoms with Crippen LogP contribution in [0.5, 0.6) is 0 Å². The number of anilines is 1. The molecule has 2 atom stereocenters. The number of aliphatic hydroxyl groups excluding tert-OH is 1. The van der Waals surface area contributed by atoms with Crippen LogP contribution in [0.2, 0.25) is 0 Å². The van der Waals surface area contributed by atoms with E-state index >= 15 is 0 Å². The van der Waals surface area contributed by atoms with Crippen molar-refractivity contribution in [2.24, 2.45) is 0 Å². The number of para-hydroxylation sites is 1. The van der Waals surface area contributed by atoms with Crippen molar-refractivity contribution in [3.8, 4) is 0 Å². The fraction of sp³-hybridized carbons (Fsp3) is 0.300. The van der Waals surface area contributed by atoms with Crippen molar-refractivity contribution >= 4 is 39.1 Å². The minimum Gasteiger partial charge on any atom is -0.503 e. The number of rotatable bonds is 4. The van der Waals surface area contributed by atoms with Gasteiger partial charge in [0.15, 0.2) is 17.3 Å². The summed E-state index contributed by atoms with van der Waals surface area (Å²) in [6.07, 6.45) is -0.694. The molecule has 1 aromatic carbocycles. The molecule has 9 nitrogen and oxygen atoms in total. The molecule has 1 amide bonds. The minimum atomic E-state index is -0.937. The Labute approximate surface area is 174 Å². The largest absolute Gasteiger partial charge is 0.503 e. The number of furan rings is 1. The maximum atomic E-state index is 13.4. The van der Waals surface area contributed by atoms with E-state index < -0.39 is 35.4 Å². The fourth-order valence-corrected chi connectivity index (χ4v) is 4.39. The molecule has 2 aromatic heterocycles. The van der Waals surface area contributed by atoms with Gasteiger partial charge in [-0.1, -0.05) is 29.5 Å². The lowest BCUT2D eigenvalue weighted by atomic mass is 9.97. The summed E-state index contributed by atoms with van der Waals surface area (Å²) in [5, 5.41) is 19.4. The van der Waals surface area contributed by atoms with Crippen LogP contribution in [-0.4, -0.2) is 51.5 Å². The molecule has 10 heteroatoms. The highest BCUT2D eigenvalue weighted by atomic mass is 32.1. The first-order valence-corrected chi connectivity index (χ1v) is 10.1. The Morgan fingerprint density at radius 2 is 2.13 bits per heavy atom. The third-order valence-corrected chi connectivity index (χ3v) is 5.77. The van der Waals surface area contributed by atoms with Crippen LogP contribution in [0.1, 0.15) is 24.4 Å². The number of carbonyl (C=O) groups is 2. The first-order valence-electron chi connectivity index (χ1n) is 9.23. The van der Waals surface area contributed by atoms with Gasteiger partial charge in [0.05, 0.1) is 12.2 Å². The van der Waals surface area contributed by atoms with Crippen LogP contribution in [0.15, 0.2) is 51.6 Å². The van der Waals surface area contributed by atoms with E-state index in [9.17, 15) is 14.7 Å². The molecule has 4 heterocycles. The molecule has 0 aliphatic carbocycles. The van der Waals surface area contributed by atoms with Crippen molar-refractivity contribution in [1.29, 1.82) is 0 Å². The molecule has 0 bridgehead atoms. The Morgan fingerprint density at radius 3 is 2.80 bits per heavy atom. The lowest BCUT2D eigenvalue weighted by Gasteiger charge is -2.28. The molecule has 0 spiro atoms. The number of ether oxygens (including phenoxy) is 2. The Balaban J connectivity index is 1.60. The van der Waals surface area contributed by atoms with Gasteiger partial charge in [-0.25, -0.2) is 0 Å². The summed E-state index contributed by atoms with van der Waals surface area (Å²) < 4.78 is 17.3. The number of hydrogen-bond donors (Lipinski definition) is 1. The second kappa shape index (κ2) is 6.73. The molecule has 2 aliphatic heterocycles. The Kier molecular flexibility index (Phi) is 4.24. The van der Waals surface area contributed by atoms with Crippen LogP contribution in [-0.2, 0) is 14.3 Å². The van der Waals surface area contributed by atoms with Crippen LogP contribution in [0.3, 0.4) is 0 Å². The Bertz CT molecular complexity index is 1150. The number of Topliss-reactive ketones (excluding diaryl/α,β-unsaturated/α-hetero) is 1. The van der Waals surface area contributed by atoms with E-state index in [-0.39, 0.29) is 23.1 Å². The smallest absolute Gasteiger partial charge is 0.296 e. The van der Waals surface area contributed by atoms with Gasteiger partial charge in [-0.3, -0.25) is 14.5 Å². The monoisotopic (exact) mass is 427 g/mol. The zero-order valence-electron chi connectivity index (χ0n) is 16.1. The number of nitrogens with zero attached hydrogens (tertiary/aromatic N) is 3. The number of carbonyl (C=O) groups excluding carboxylic acids is 2. The highest BCUT2D eigenvalue weighted by Gasteiger charge is 2.52. The summed E-state index contributed by atoms with van der Waals surface area (Å²) in [6.45, 7) is 3.61. The number of aliphatic hydroxyl groups is 1. The lowest BCUT2D eigenvalue weighted by Crippen LogP contribution is -2.46. The molecule has 5 rings (SSSR count). The van der Waals surface area contributed by atoms with Crippen molar-refractivity contribution in [2.75, 3.05) is 11.5 Å². The predicted molar refractivity (Wildman–Crippen MR) is 106 cm³/mol. The van der Waals surface area contributed by atoms with E-state index in [2.05, 4.69) is 10.2 Å². The summed E-state index contributed by atoms with van der Waals surface area (Å²) in [6, 6.07) is 7.82. The first-order chi connectivity index (χ1) is 14.4. The number of benzene rings is 1. The van der Waals surface area contributed by atoms with Gasteiger partial charge < -0.3 is 19.0 Å². The van der Waals surface area contributed by atoms with Crippen LogP contribution < -0.4 is 4.90 Å². The molecule has 2 aliphatic rings. The fourth-order valence-electron chi connectivity index (χ4n) is 3.79. The van der Waals surface area contributed by atoms with E-state index in [1.165, 1.54) is 10.4 Å². The topological polar surface area (TPSA) is 115 Å². The molecule has 0 radical (unpaired) electrons. The van der Waals surface area contributed by atoms with Gasteiger partial charge in [-0.05, 0) is 26.0 Å². The summed E-state index contributed by atoms with van der Waals surface area (Å²) in [5.74, 6) is -2.87. The minimum absolute atomic E-state index is 0.0211. The van der Waals surface area contributed by atoms with E-state index in [4.69, 9.17) is 13.9 Å². The maximum Gasteiger partial charge on any atom is 0.296 e. The molecule has 1 N–H and O–H groups in total. The number of ketones is 1. The van der Waals surface area contributed by atoms with E-state index in [1.54, 1.807) is 32.0 Å². The molecular formula is C20H17N3O6S. The normalized spacial score (nSPS) is 23.7. The number of hydrogen-bond acceptors (Lipinski definition) is 9. The van der Waals surface area contributed by atoms with Crippen LogP contribution in [0.25, 0.3) is 11.0 Å². The summed E-state index contributed by atoms with van der Waals surface area (Å²) in [7, 11) is 0. The maximum absolute atomic E-state index is 13.4. The van der Waals surface area contributed by atoms with Crippen molar-refractivity contribution in [1.82, 2.24) is 10.2 Å². The molecule has 154 valence electrons. The Hall–Kier alpha value is -3.08. The molecule has 1 saturated heterocycles. The average Bonchev–Trinajstić information content (AvgIpc) is 3.48. The molecule has 2 unspecified atom stereocenters. The number of amides is 1. The van der Waals surface area contributed by atoms with Gasteiger partial charge >= 0.3 is 0 Å². The van der Waals surface area contributed by atoms with E-state index in [1.807, 2.05) is 12.1 Å². The van der Waals surface area contributed by atoms with Crippen LogP contribution in [0, 0.1) is 0 Å². The second-order valence-corrected chi connectivity index (χ2v) is 8.26. The standard InChI is InChI=1S/C20H17N3O6S/c1-20(2)27-8-13(29-20)15-14(17(25)18(26)23(15)19-22-21-9-30-19)16(24)12-7-10-5-3-4-6-11(10)28-12/h3-7,9,13,15,25H,8H2,1-2H3. The molecule has 0 saturated carbocycles. The second-order valence-electron chi connectivity index (χ2n) is 7.45. The summed E-state index contributed by atoms with van der Waals surface area (Å²) >= 11 is 1.12. The van der Waals surface area contributed by atoms with Crippen molar-refractivity contribution < 1.29 is 28.6 Å². The molecule has 3 aromatic rings. The zero-order valence-corrected chi connectivity index (χ0v) is 16.9.